The van der Waals surface area contributed by atoms with E-state index < -0.39 is 0 Å². The zero-order valence-corrected chi connectivity index (χ0v) is 16.1. The number of nitrogens with two attached hydrogens (primary N) is 1. The molecule has 25 heavy (non-hydrogen) atoms. The van der Waals surface area contributed by atoms with E-state index in [0.29, 0.717) is 16.0 Å². The zero-order valence-electron chi connectivity index (χ0n) is 13.0. The van der Waals surface area contributed by atoms with Gasteiger partial charge >= 0.3 is 0 Å². The Morgan fingerprint density at radius 2 is 1.92 bits per heavy atom. The lowest BCUT2D eigenvalue weighted by Gasteiger charge is -2.32. The summed E-state index contributed by atoms with van der Waals surface area (Å²) in [7, 11) is 0. The van der Waals surface area contributed by atoms with Crippen molar-refractivity contribution in [3.05, 3.63) is 68.1 Å². The summed E-state index contributed by atoms with van der Waals surface area (Å²) in [5.74, 6) is 0.863. The van der Waals surface area contributed by atoms with Crippen LogP contribution >= 0.6 is 39.1 Å². The van der Waals surface area contributed by atoms with E-state index in [9.17, 15) is 0 Å². The van der Waals surface area contributed by atoms with Crippen LogP contribution in [0.2, 0.25) is 10.0 Å². The molecule has 5 nitrogen and oxygen atoms in total. The predicted octanol–water partition coefficient (Wildman–Crippen LogP) is 5.08. The van der Waals surface area contributed by atoms with Crippen molar-refractivity contribution in [1.29, 1.82) is 0 Å². The van der Waals surface area contributed by atoms with Crippen LogP contribution in [0.15, 0.2) is 46.9 Å². The number of nitrogens with one attached hydrogen (secondary N) is 1. The van der Waals surface area contributed by atoms with Crippen molar-refractivity contribution in [2.75, 3.05) is 11.1 Å². The van der Waals surface area contributed by atoms with Gasteiger partial charge in [0.25, 0.3) is 0 Å². The van der Waals surface area contributed by atoms with Gasteiger partial charge in [-0.05, 0) is 41.8 Å². The third-order valence-electron chi connectivity index (χ3n) is 4.30. The predicted molar refractivity (Wildman–Crippen MR) is 104 cm³/mol. The summed E-state index contributed by atoms with van der Waals surface area (Å²) in [4.78, 5) is 4.31. The second-order valence-electron chi connectivity index (χ2n) is 5.90. The van der Waals surface area contributed by atoms with E-state index in [1.54, 1.807) is 10.7 Å². The number of aromatic nitrogens is 3. The molecule has 0 radical (unpaired) electrons. The monoisotopic (exact) mass is 437 g/mol. The van der Waals surface area contributed by atoms with Crippen LogP contribution in [0.4, 0.5) is 11.9 Å². The van der Waals surface area contributed by atoms with Crippen LogP contribution in [0.25, 0.3) is 0 Å². The quantitative estimate of drug-likeness (QED) is 0.585. The second kappa shape index (κ2) is 6.52. The summed E-state index contributed by atoms with van der Waals surface area (Å²) >= 11 is 16.0. The molecule has 8 heteroatoms. The summed E-state index contributed by atoms with van der Waals surface area (Å²) in [5, 5.41) is 8.95. The topological polar surface area (TPSA) is 68.8 Å². The molecular formula is C17H14BrCl2N5. The standard InChI is InChI=1S/C17H14BrCl2N5/c18-10-3-1-9(2-4-10)14-8-15(12-6-5-11(19)7-13(12)20)25-17(22-14)23-16(21)24-25/h1-7,14-15H,8H2,(H3,21,22,23,24)/t14-,15-/m1/s1. The van der Waals surface area contributed by atoms with E-state index in [1.165, 1.54) is 0 Å². The molecule has 0 bridgehead atoms. The molecular weight excluding hydrogens is 425 g/mol. The van der Waals surface area contributed by atoms with Crippen LogP contribution in [-0.4, -0.2) is 14.8 Å². The summed E-state index contributed by atoms with van der Waals surface area (Å²) in [6, 6.07) is 13.7. The lowest BCUT2D eigenvalue weighted by Crippen LogP contribution is -2.28. The molecule has 1 aliphatic rings. The van der Waals surface area contributed by atoms with Gasteiger partial charge in [0.15, 0.2) is 0 Å². The van der Waals surface area contributed by atoms with Gasteiger partial charge in [0, 0.05) is 14.5 Å². The lowest BCUT2D eigenvalue weighted by atomic mass is 9.93. The van der Waals surface area contributed by atoms with Crippen LogP contribution in [0, 0.1) is 0 Å². The van der Waals surface area contributed by atoms with Gasteiger partial charge in [-0.15, -0.1) is 5.10 Å². The van der Waals surface area contributed by atoms with E-state index in [2.05, 4.69) is 43.5 Å². The van der Waals surface area contributed by atoms with Gasteiger partial charge in [-0.25, -0.2) is 4.68 Å². The molecule has 0 amide bonds. The Labute approximate surface area is 163 Å². The Hall–Kier alpha value is -1.76. The minimum absolute atomic E-state index is 0.0703. The molecule has 0 saturated carbocycles. The smallest absolute Gasteiger partial charge is 0.241 e. The number of nitrogen functional groups attached to an aromatic ring is 1. The maximum absolute atomic E-state index is 6.45. The fourth-order valence-electron chi connectivity index (χ4n) is 3.14. The maximum atomic E-state index is 6.45. The molecule has 0 saturated heterocycles. The molecule has 0 spiro atoms. The van der Waals surface area contributed by atoms with Crippen molar-refractivity contribution in [2.24, 2.45) is 0 Å². The molecule has 0 aliphatic carbocycles. The van der Waals surface area contributed by atoms with Gasteiger partial charge in [-0.3, -0.25) is 0 Å². The number of hydrogen-bond acceptors (Lipinski definition) is 4. The van der Waals surface area contributed by atoms with E-state index in [-0.39, 0.29) is 18.0 Å². The third-order valence-corrected chi connectivity index (χ3v) is 5.39. The van der Waals surface area contributed by atoms with Gasteiger partial charge in [0.2, 0.25) is 11.9 Å². The molecule has 2 heterocycles. The van der Waals surface area contributed by atoms with Crippen molar-refractivity contribution in [3.8, 4) is 0 Å². The van der Waals surface area contributed by atoms with Gasteiger partial charge in [-0.1, -0.05) is 57.3 Å². The summed E-state index contributed by atoms with van der Waals surface area (Å²) in [5.41, 5.74) is 7.93. The minimum atomic E-state index is -0.0838. The molecule has 3 aromatic rings. The largest absolute Gasteiger partial charge is 0.366 e. The summed E-state index contributed by atoms with van der Waals surface area (Å²) < 4.78 is 2.83. The van der Waals surface area contributed by atoms with Crippen LogP contribution in [-0.2, 0) is 0 Å². The highest BCUT2D eigenvalue weighted by molar-refractivity contribution is 9.10. The molecule has 1 aliphatic heterocycles. The minimum Gasteiger partial charge on any atom is -0.366 e. The fourth-order valence-corrected chi connectivity index (χ4v) is 3.94. The second-order valence-corrected chi connectivity index (χ2v) is 7.66. The average molecular weight is 439 g/mol. The highest BCUT2D eigenvalue weighted by Gasteiger charge is 2.32. The SMILES string of the molecule is Nc1nc2n(n1)[C@@H](c1ccc(Cl)cc1Cl)C[C@H](c1ccc(Br)cc1)N2. The molecule has 2 aromatic carbocycles. The van der Waals surface area contributed by atoms with Crippen molar-refractivity contribution < 1.29 is 0 Å². The molecule has 3 N–H and O–H groups in total. The first-order chi connectivity index (χ1) is 12.0. The van der Waals surface area contributed by atoms with Crippen molar-refractivity contribution >= 4 is 51.0 Å². The lowest BCUT2D eigenvalue weighted by molar-refractivity contribution is 0.431. The number of anilines is 2. The molecule has 0 unspecified atom stereocenters. The number of benzene rings is 2. The molecule has 0 fully saturated rings. The Morgan fingerprint density at radius 1 is 1.16 bits per heavy atom. The van der Waals surface area contributed by atoms with Crippen molar-refractivity contribution in [2.45, 2.75) is 18.5 Å². The van der Waals surface area contributed by atoms with E-state index in [1.807, 2.05) is 24.3 Å². The number of nitrogens with zero attached hydrogens (tertiary/aromatic N) is 3. The fraction of sp³-hybridized carbons (Fsp3) is 0.176. The van der Waals surface area contributed by atoms with Gasteiger partial charge in [0.05, 0.1) is 12.1 Å². The van der Waals surface area contributed by atoms with Gasteiger partial charge in [-0.2, -0.15) is 4.98 Å². The van der Waals surface area contributed by atoms with Crippen LogP contribution in [0.5, 0.6) is 0 Å². The Morgan fingerprint density at radius 3 is 2.64 bits per heavy atom. The third kappa shape index (κ3) is 3.21. The van der Waals surface area contributed by atoms with E-state index >= 15 is 0 Å². The van der Waals surface area contributed by atoms with Crippen molar-refractivity contribution in [1.82, 2.24) is 14.8 Å². The number of fused-ring (bicyclic) bond motifs is 1. The zero-order chi connectivity index (χ0) is 17.6. The van der Waals surface area contributed by atoms with Crippen LogP contribution in [0.1, 0.15) is 29.6 Å². The number of rotatable bonds is 2. The summed E-state index contributed by atoms with van der Waals surface area (Å²) in [6.45, 7) is 0. The van der Waals surface area contributed by atoms with E-state index in [0.717, 1.165) is 22.0 Å². The molecule has 1 aromatic heterocycles. The van der Waals surface area contributed by atoms with Crippen LogP contribution < -0.4 is 11.1 Å². The normalized spacial score (nSPS) is 19.3. The highest BCUT2D eigenvalue weighted by atomic mass is 79.9. The first kappa shape index (κ1) is 16.7. The van der Waals surface area contributed by atoms with Crippen LogP contribution in [0.3, 0.4) is 0 Å². The molecule has 128 valence electrons. The first-order valence-electron chi connectivity index (χ1n) is 7.70. The molecule has 4 rings (SSSR count). The Bertz CT molecular complexity index is 925. The Kier molecular flexibility index (Phi) is 4.35. The van der Waals surface area contributed by atoms with Gasteiger partial charge < -0.3 is 11.1 Å². The Balaban J connectivity index is 1.78. The highest BCUT2D eigenvalue weighted by Crippen LogP contribution is 2.40. The average Bonchev–Trinajstić information content (AvgIpc) is 2.95. The van der Waals surface area contributed by atoms with E-state index in [4.69, 9.17) is 28.9 Å². The van der Waals surface area contributed by atoms with Gasteiger partial charge in [0.1, 0.15) is 0 Å². The maximum Gasteiger partial charge on any atom is 0.241 e. The number of hydrogen-bond donors (Lipinski definition) is 2. The van der Waals surface area contributed by atoms with Crippen molar-refractivity contribution in [3.63, 3.8) is 0 Å². The number of halogens is 3. The molecule has 2 atom stereocenters. The summed E-state index contributed by atoms with van der Waals surface area (Å²) in [6.07, 6.45) is 0.763. The first-order valence-corrected chi connectivity index (χ1v) is 9.25.